The average Bonchev–Trinajstić information content (AvgIpc) is 3.09. The van der Waals surface area contributed by atoms with Crippen LogP contribution in [0.1, 0.15) is 57.3 Å². The van der Waals surface area contributed by atoms with Gasteiger partial charge in [0.2, 0.25) is 5.91 Å². The van der Waals surface area contributed by atoms with E-state index in [1.165, 1.54) is 17.5 Å². The van der Waals surface area contributed by atoms with Gasteiger partial charge in [0.25, 0.3) is 0 Å². The molecule has 1 saturated carbocycles. The number of nitrogens with zero attached hydrogens (tertiary/aromatic N) is 1. The second-order valence-corrected chi connectivity index (χ2v) is 7.08. The fraction of sp³-hybridized carbons (Fsp3) is 0.611. The predicted molar refractivity (Wildman–Crippen MR) is 84.9 cm³/mol. The first-order valence-corrected chi connectivity index (χ1v) is 8.13. The number of carbonyl (C=O) groups is 1. The Morgan fingerprint density at radius 3 is 2.38 bits per heavy atom. The lowest BCUT2D eigenvalue weighted by Crippen LogP contribution is -2.32. The zero-order valence-electron chi connectivity index (χ0n) is 13.5. The smallest absolute Gasteiger partial charge is 0.241 e. The number of rotatable bonds is 4. The van der Waals surface area contributed by atoms with Crippen molar-refractivity contribution >= 4 is 5.91 Å². The molecule has 3 heteroatoms. The van der Waals surface area contributed by atoms with Crippen molar-refractivity contribution < 1.29 is 4.79 Å². The fourth-order valence-electron chi connectivity index (χ4n) is 3.21. The molecule has 1 heterocycles. The summed E-state index contributed by atoms with van der Waals surface area (Å²) in [5.41, 5.74) is 2.55. The van der Waals surface area contributed by atoms with Gasteiger partial charge in [-0.3, -0.25) is 10.1 Å². The van der Waals surface area contributed by atoms with Crippen molar-refractivity contribution in [3.8, 4) is 0 Å². The van der Waals surface area contributed by atoms with Crippen LogP contribution in [-0.4, -0.2) is 23.4 Å². The molecule has 0 spiro atoms. The second kappa shape index (κ2) is 5.45. The first-order valence-electron chi connectivity index (χ1n) is 8.13. The molecular weight excluding hydrogens is 260 g/mol. The van der Waals surface area contributed by atoms with Crippen molar-refractivity contribution in [2.24, 2.45) is 11.8 Å². The molecule has 1 saturated heterocycles. The lowest BCUT2D eigenvalue weighted by atomic mass is 10.0. The van der Waals surface area contributed by atoms with E-state index in [0.717, 1.165) is 12.5 Å². The van der Waals surface area contributed by atoms with Gasteiger partial charge in [0, 0.05) is 6.54 Å². The van der Waals surface area contributed by atoms with Crippen LogP contribution < -0.4 is 5.32 Å². The maximum absolute atomic E-state index is 12.4. The first kappa shape index (κ1) is 14.6. The van der Waals surface area contributed by atoms with E-state index in [-0.39, 0.29) is 18.1 Å². The molecule has 1 aliphatic heterocycles. The van der Waals surface area contributed by atoms with E-state index >= 15 is 0 Å². The summed E-state index contributed by atoms with van der Waals surface area (Å²) >= 11 is 0. The highest BCUT2D eigenvalue weighted by atomic mass is 16.2. The van der Waals surface area contributed by atoms with E-state index in [0.29, 0.717) is 11.8 Å². The Morgan fingerprint density at radius 2 is 1.86 bits per heavy atom. The van der Waals surface area contributed by atoms with Gasteiger partial charge in [0.15, 0.2) is 0 Å². The molecule has 0 bridgehead atoms. The summed E-state index contributed by atoms with van der Waals surface area (Å²) < 4.78 is 0. The summed E-state index contributed by atoms with van der Waals surface area (Å²) in [5, 5.41) is 3.44. The highest BCUT2D eigenvalue weighted by Gasteiger charge is 2.42. The maximum atomic E-state index is 12.4. The summed E-state index contributed by atoms with van der Waals surface area (Å²) in [7, 11) is 0. The molecule has 1 aliphatic carbocycles. The Bertz CT molecular complexity index is 523. The lowest BCUT2D eigenvalue weighted by molar-refractivity contribution is -0.130. The van der Waals surface area contributed by atoms with Crippen molar-refractivity contribution in [3.63, 3.8) is 0 Å². The monoisotopic (exact) mass is 286 g/mol. The maximum Gasteiger partial charge on any atom is 0.241 e. The van der Waals surface area contributed by atoms with Gasteiger partial charge in [-0.2, -0.15) is 0 Å². The van der Waals surface area contributed by atoms with Crippen LogP contribution in [0.3, 0.4) is 0 Å². The molecule has 3 nitrogen and oxygen atoms in total. The van der Waals surface area contributed by atoms with Crippen molar-refractivity contribution in [1.29, 1.82) is 0 Å². The van der Waals surface area contributed by atoms with E-state index in [1.807, 2.05) is 11.8 Å². The Kier molecular flexibility index (Phi) is 3.78. The van der Waals surface area contributed by atoms with E-state index < -0.39 is 0 Å². The van der Waals surface area contributed by atoms with Crippen LogP contribution in [0, 0.1) is 11.8 Å². The number of benzene rings is 1. The van der Waals surface area contributed by atoms with Crippen LogP contribution in [0.4, 0.5) is 0 Å². The molecule has 1 N–H and O–H groups in total. The predicted octanol–water partition coefficient (Wildman–Crippen LogP) is 3.28. The SMILES string of the molecule is CC1NC(c2ccc(C(C)C)cc2)N(CC2CC2C)C1=O. The third-order valence-electron chi connectivity index (χ3n) is 5.00. The normalized spacial score (nSPS) is 32.0. The number of nitrogens with one attached hydrogen (secondary N) is 1. The number of carbonyl (C=O) groups excluding carboxylic acids is 1. The van der Waals surface area contributed by atoms with Crippen LogP contribution in [-0.2, 0) is 4.79 Å². The average molecular weight is 286 g/mol. The number of hydrogen-bond acceptors (Lipinski definition) is 2. The van der Waals surface area contributed by atoms with Gasteiger partial charge in [-0.15, -0.1) is 0 Å². The summed E-state index contributed by atoms with van der Waals surface area (Å²) in [6.07, 6.45) is 1.30. The highest BCUT2D eigenvalue weighted by Crippen LogP contribution is 2.40. The second-order valence-electron chi connectivity index (χ2n) is 7.08. The van der Waals surface area contributed by atoms with Gasteiger partial charge in [0.1, 0.15) is 6.17 Å². The van der Waals surface area contributed by atoms with Crippen molar-refractivity contribution in [3.05, 3.63) is 35.4 Å². The summed E-state index contributed by atoms with van der Waals surface area (Å²) in [5.74, 6) is 2.25. The van der Waals surface area contributed by atoms with Gasteiger partial charge >= 0.3 is 0 Å². The largest absolute Gasteiger partial charge is 0.321 e. The fourth-order valence-corrected chi connectivity index (χ4v) is 3.21. The lowest BCUT2D eigenvalue weighted by Gasteiger charge is -2.25. The summed E-state index contributed by atoms with van der Waals surface area (Å²) in [4.78, 5) is 14.4. The van der Waals surface area contributed by atoms with Gasteiger partial charge in [0.05, 0.1) is 6.04 Å². The Labute approximate surface area is 127 Å². The van der Waals surface area contributed by atoms with E-state index in [4.69, 9.17) is 0 Å². The van der Waals surface area contributed by atoms with Crippen LogP contribution in [0.2, 0.25) is 0 Å². The zero-order valence-corrected chi connectivity index (χ0v) is 13.5. The van der Waals surface area contributed by atoms with Crippen LogP contribution in [0.25, 0.3) is 0 Å². The minimum Gasteiger partial charge on any atom is -0.321 e. The van der Waals surface area contributed by atoms with Crippen LogP contribution >= 0.6 is 0 Å². The molecule has 1 amide bonds. The van der Waals surface area contributed by atoms with Gasteiger partial charge < -0.3 is 4.90 Å². The molecule has 0 aromatic heterocycles. The molecule has 21 heavy (non-hydrogen) atoms. The number of hydrogen-bond donors (Lipinski definition) is 1. The Morgan fingerprint density at radius 1 is 1.24 bits per heavy atom. The minimum atomic E-state index is -0.0752. The first-order chi connectivity index (χ1) is 9.97. The third kappa shape index (κ3) is 2.84. The van der Waals surface area contributed by atoms with Crippen molar-refractivity contribution in [1.82, 2.24) is 10.2 Å². The standard InChI is InChI=1S/C18H26N2O/c1-11(2)14-5-7-15(8-6-14)17-19-13(4)18(21)20(17)10-16-9-12(16)3/h5-8,11-13,16-17,19H,9-10H2,1-4H3. The molecule has 2 fully saturated rings. The summed E-state index contributed by atoms with van der Waals surface area (Å²) in [6.45, 7) is 9.54. The molecule has 1 aromatic rings. The zero-order chi connectivity index (χ0) is 15.1. The highest BCUT2D eigenvalue weighted by molar-refractivity contribution is 5.84. The molecule has 114 valence electrons. The van der Waals surface area contributed by atoms with Gasteiger partial charge in [-0.1, -0.05) is 45.0 Å². The van der Waals surface area contributed by atoms with Gasteiger partial charge in [-0.25, -0.2) is 0 Å². The molecule has 4 unspecified atom stereocenters. The minimum absolute atomic E-state index is 0.0431. The van der Waals surface area contributed by atoms with Crippen molar-refractivity contribution in [2.75, 3.05) is 6.54 Å². The van der Waals surface area contributed by atoms with E-state index in [2.05, 4.69) is 50.4 Å². The van der Waals surface area contributed by atoms with Crippen molar-refractivity contribution in [2.45, 2.75) is 52.2 Å². The van der Waals surface area contributed by atoms with Crippen LogP contribution in [0.5, 0.6) is 0 Å². The third-order valence-corrected chi connectivity index (χ3v) is 5.00. The molecule has 3 rings (SSSR count). The van der Waals surface area contributed by atoms with Crippen LogP contribution in [0.15, 0.2) is 24.3 Å². The Balaban J connectivity index is 1.79. The molecule has 1 aromatic carbocycles. The summed E-state index contributed by atoms with van der Waals surface area (Å²) in [6, 6.07) is 8.64. The topological polar surface area (TPSA) is 32.3 Å². The van der Waals surface area contributed by atoms with E-state index in [9.17, 15) is 4.79 Å². The quantitative estimate of drug-likeness (QED) is 0.921. The molecule has 2 aliphatic rings. The molecular formula is C18H26N2O. The molecule has 0 radical (unpaired) electrons. The van der Waals surface area contributed by atoms with Gasteiger partial charge in [-0.05, 0) is 42.2 Å². The van der Waals surface area contributed by atoms with E-state index in [1.54, 1.807) is 0 Å². The Hall–Kier alpha value is -1.35. The number of amides is 1. The molecule has 4 atom stereocenters.